The van der Waals surface area contributed by atoms with Crippen LogP contribution in [0.1, 0.15) is 16.7 Å². The van der Waals surface area contributed by atoms with E-state index < -0.39 is 0 Å². The zero-order chi connectivity index (χ0) is 15.9. The maximum absolute atomic E-state index is 12.2. The second kappa shape index (κ2) is 5.71. The molecule has 2 aromatic rings. The minimum atomic E-state index is -0.148. The molecule has 0 aliphatic carbocycles. The number of nitrogens with zero attached hydrogens (tertiary/aromatic N) is 1. The average molecular weight is 418 g/mol. The molecule has 0 aromatic heterocycles. The standard InChI is InChI=1S/C17H10Br2N2O/c1-9-14(18)6-10(7-15(9)19)5-13-12-4-3-11(20-2)8-16(12)21-17(13)22/h3-8H,1H3,(H,21,22)/b13-5-. The van der Waals surface area contributed by atoms with Crippen LogP contribution in [0.2, 0.25) is 0 Å². The molecule has 0 saturated carbocycles. The molecular weight excluding hydrogens is 408 g/mol. The number of nitrogens with one attached hydrogen (secondary N) is 1. The maximum atomic E-state index is 12.2. The van der Waals surface area contributed by atoms with Crippen molar-refractivity contribution in [2.45, 2.75) is 6.92 Å². The van der Waals surface area contributed by atoms with E-state index in [9.17, 15) is 4.79 Å². The number of carbonyl (C=O) groups excluding carboxylic acids is 1. The largest absolute Gasteiger partial charge is 0.323 e. The highest BCUT2D eigenvalue weighted by Crippen LogP contribution is 2.36. The summed E-state index contributed by atoms with van der Waals surface area (Å²) in [5, 5.41) is 2.81. The van der Waals surface area contributed by atoms with Gasteiger partial charge in [0, 0.05) is 25.8 Å². The van der Waals surface area contributed by atoms with Gasteiger partial charge in [-0.05, 0) is 42.3 Å². The Morgan fingerprint density at radius 3 is 2.50 bits per heavy atom. The molecule has 1 N–H and O–H groups in total. The first-order valence-electron chi connectivity index (χ1n) is 6.50. The van der Waals surface area contributed by atoms with Gasteiger partial charge >= 0.3 is 0 Å². The SMILES string of the molecule is [C-]#[N+]c1ccc2c(c1)NC(=O)/C2=C\c1cc(Br)c(C)c(Br)c1. The third-order valence-corrected chi connectivity index (χ3v) is 5.18. The van der Waals surface area contributed by atoms with E-state index in [2.05, 4.69) is 42.0 Å². The van der Waals surface area contributed by atoms with Gasteiger partial charge in [-0.15, -0.1) is 0 Å². The van der Waals surface area contributed by atoms with E-state index in [0.29, 0.717) is 16.9 Å². The minimum absolute atomic E-state index is 0.148. The molecule has 0 spiro atoms. The Labute approximate surface area is 145 Å². The number of benzene rings is 2. The van der Waals surface area contributed by atoms with E-state index in [0.717, 1.165) is 25.6 Å². The lowest BCUT2D eigenvalue weighted by Gasteiger charge is -2.05. The van der Waals surface area contributed by atoms with Gasteiger partial charge in [0.1, 0.15) is 0 Å². The van der Waals surface area contributed by atoms with Crippen LogP contribution in [0.25, 0.3) is 16.5 Å². The first kappa shape index (κ1) is 15.0. The van der Waals surface area contributed by atoms with Crippen molar-refractivity contribution in [3.63, 3.8) is 0 Å². The summed E-state index contributed by atoms with van der Waals surface area (Å²) in [6, 6.07) is 9.19. The molecule has 1 aliphatic rings. The molecule has 3 nitrogen and oxygen atoms in total. The fourth-order valence-corrected chi connectivity index (χ4v) is 3.53. The zero-order valence-electron chi connectivity index (χ0n) is 11.6. The van der Waals surface area contributed by atoms with Gasteiger partial charge in [0.05, 0.1) is 6.57 Å². The Bertz CT molecular complexity index is 856. The lowest BCUT2D eigenvalue weighted by molar-refractivity contribution is -0.110. The monoisotopic (exact) mass is 416 g/mol. The van der Waals surface area contributed by atoms with Crippen LogP contribution < -0.4 is 5.32 Å². The molecule has 108 valence electrons. The molecular formula is C17H10Br2N2O. The van der Waals surface area contributed by atoms with Gasteiger partial charge in [0.15, 0.2) is 5.69 Å². The predicted octanol–water partition coefficient (Wildman–Crippen LogP) is 5.56. The third kappa shape index (κ3) is 2.60. The van der Waals surface area contributed by atoms with Crippen LogP contribution in [0.15, 0.2) is 39.3 Å². The van der Waals surface area contributed by atoms with Crippen molar-refractivity contribution >= 4 is 60.8 Å². The second-order valence-electron chi connectivity index (χ2n) is 4.96. The van der Waals surface area contributed by atoms with E-state index in [4.69, 9.17) is 6.57 Å². The number of rotatable bonds is 1. The summed E-state index contributed by atoms with van der Waals surface area (Å²) in [5.74, 6) is -0.148. The Balaban J connectivity index is 2.10. The summed E-state index contributed by atoms with van der Waals surface area (Å²) < 4.78 is 1.96. The molecule has 0 atom stereocenters. The normalized spacial score (nSPS) is 14.6. The van der Waals surface area contributed by atoms with Crippen molar-refractivity contribution in [3.8, 4) is 0 Å². The number of fused-ring (bicyclic) bond motifs is 1. The fourth-order valence-electron chi connectivity index (χ4n) is 2.31. The molecule has 0 bridgehead atoms. The van der Waals surface area contributed by atoms with E-state index in [1.165, 1.54) is 0 Å². The van der Waals surface area contributed by atoms with Crippen LogP contribution in [-0.2, 0) is 4.79 Å². The van der Waals surface area contributed by atoms with E-state index in [1.54, 1.807) is 12.1 Å². The van der Waals surface area contributed by atoms with Crippen molar-refractivity contribution in [3.05, 3.63) is 67.4 Å². The second-order valence-corrected chi connectivity index (χ2v) is 6.67. The molecule has 1 heterocycles. The lowest BCUT2D eigenvalue weighted by atomic mass is 10.0. The van der Waals surface area contributed by atoms with Crippen molar-refractivity contribution < 1.29 is 4.79 Å². The Morgan fingerprint density at radius 2 is 1.86 bits per heavy atom. The molecule has 1 amide bonds. The van der Waals surface area contributed by atoms with Gasteiger partial charge in [-0.25, -0.2) is 4.85 Å². The molecule has 3 rings (SSSR count). The van der Waals surface area contributed by atoms with Crippen molar-refractivity contribution in [2.75, 3.05) is 5.32 Å². The Kier molecular flexibility index (Phi) is 3.90. The van der Waals surface area contributed by atoms with Gasteiger partial charge in [0.25, 0.3) is 5.91 Å². The van der Waals surface area contributed by atoms with Crippen molar-refractivity contribution in [1.29, 1.82) is 0 Å². The highest BCUT2D eigenvalue weighted by atomic mass is 79.9. The van der Waals surface area contributed by atoms with Crippen LogP contribution in [0, 0.1) is 13.5 Å². The molecule has 0 saturated heterocycles. The smallest absolute Gasteiger partial charge is 0.256 e. The first-order valence-corrected chi connectivity index (χ1v) is 8.09. The average Bonchev–Trinajstić information content (AvgIpc) is 2.79. The van der Waals surface area contributed by atoms with Crippen molar-refractivity contribution in [2.24, 2.45) is 0 Å². The van der Waals surface area contributed by atoms with Crippen LogP contribution in [0.3, 0.4) is 0 Å². The van der Waals surface area contributed by atoms with Crippen LogP contribution in [0.4, 0.5) is 11.4 Å². The quantitative estimate of drug-likeness (QED) is 0.478. The molecule has 1 aliphatic heterocycles. The number of amides is 1. The Hall–Kier alpha value is -1.90. The molecule has 5 heteroatoms. The maximum Gasteiger partial charge on any atom is 0.256 e. The van der Waals surface area contributed by atoms with Gasteiger partial charge in [-0.1, -0.05) is 44.0 Å². The number of halogens is 2. The molecule has 22 heavy (non-hydrogen) atoms. The summed E-state index contributed by atoms with van der Waals surface area (Å²) in [6.07, 6.45) is 1.85. The van der Waals surface area contributed by atoms with Gasteiger partial charge in [-0.2, -0.15) is 0 Å². The summed E-state index contributed by atoms with van der Waals surface area (Å²) in [7, 11) is 0. The van der Waals surface area contributed by atoms with Crippen LogP contribution >= 0.6 is 31.9 Å². The molecule has 2 aromatic carbocycles. The first-order chi connectivity index (χ1) is 10.5. The number of anilines is 1. The van der Waals surface area contributed by atoms with Crippen LogP contribution in [-0.4, -0.2) is 5.91 Å². The number of hydrogen-bond donors (Lipinski definition) is 1. The highest BCUT2D eigenvalue weighted by molar-refractivity contribution is 9.11. The van der Waals surface area contributed by atoms with Gasteiger partial charge < -0.3 is 5.32 Å². The fraction of sp³-hybridized carbons (Fsp3) is 0.0588. The number of hydrogen-bond acceptors (Lipinski definition) is 1. The summed E-state index contributed by atoms with van der Waals surface area (Å²) in [4.78, 5) is 15.6. The van der Waals surface area contributed by atoms with E-state index in [-0.39, 0.29) is 5.91 Å². The van der Waals surface area contributed by atoms with Crippen LogP contribution in [0.5, 0.6) is 0 Å². The molecule has 0 radical (unpaired) electrons. The molecule has 0 fully saturated rings. The highest BCUT2D eigenvalue weighted by Gasteiger charge is 2.24. The van der Waals surface area contributed by atoms with Gasteiger partial charge in [-0.3, -0.25) is 4.79 Å². The van der Waals surface area contributed by atoms with E-state index in [1.807, 2.05) is 31.2 Å². The Morgan fingerprint density at radius 1 is 1.18 bits per heavy atom. The van der Waals surface area contributed by atoms with Gasteiger partial charge in [0.2, 0.25) is 0 Å². The summed E-state index contributed by atoms with van der Waals surface area (Å²) in [5.41, 5.74) is 4.67. The third-order valence-electron chi connectivity index (χ3n) is 3.53. The predicted molar refractivity (Wildman–Crippen MR) is 95.8 cm³/mol. The summed E-state index contributed by atoms with van der Waals surface area (Å²) >= 11 is 7.04. The number of carbonyl (C=O) groups is 1. The lowest BCUT2D eigenvalue weighted by Crippen LogP contribution is -2.03. The topological polar surface area (TPSA) is 33.5 Å². The van der Waals surface area contributed by atoms with E-state index >= 15 is 0 Å². The zero-order valence-corrected chi connectivity index (χ0v) is 14.7. The minimum Gasteiger partial charge on any atom is -0.323 e. The van der Waals surface area contributed by atoms with Crippen molar-refractivity contribution in [1.82, 2.24) is 0 Å². The summed E-state index contributed by atoms with van der Waals surface area (Å²) in [6.45, 7) is 9.05. The molecule has 0 unspecified atom stereocenters.